The lowest BCUT2D eigenvalue weighted by Crippen LogP contribution is -2.29. The molecule has 1 aromatic rings. The third kappa shape index (κ3) is 4.37. The number of benzene rings is 1. The summed E-state index contributed by atoms with van der Waals surface area (Å²) >= 11 is 0. The number of carbonyl (C=O) groups is 2. The van der Waals surface area contributed by atoms with Crippen molar-refractivity contribution in [3.8, 4) is 11.5 Å². The first-order chi connectivity index (χ1) is 9.82. The lowest BCUT2D eigenvalue weighted by molar-refractivity contribution is -0.190. The Bertz CT molecular complexity index is 549. The molecule has 0 radical (unpaired) electrons. The SMILES string of the molecule is Cc1cc(OC(=O)C(F)(F)F)c(C)cc1OC(=O)C(F)(F)F. The van der Waals surface area contributed by atoms with Gasteiger partial charge in [-0.2, -0.15) is 26.3 Å². The molecule has 0 N–H and O–H groups in total. The summed E-state index contributed by atoms with van der Waals surface area (Å²) in [6.07, 6.45) is -10.4. The molecule has 0 heterocycles. The van der Waals surface area contributed by atoms with Gasteiger partial charge in [0, 0.05) is 0 Å². The third-order valence-corrected chi connectivity index (χ3v) is 2.34. The van der Waals surface area contributed by atoms with Crippen molar-refractivity contribution in [1.29, 1.82) is 0 Å². The summed E-state index contributed by atoms with van der Waals surface area (Å²) in [7, 11) is 0. The molecule has 0 aliphatic rings. The van der Waals surface area contributed by atoms with Gasteiger partial charge in [-0.15, -0.1) is 0 Å². The molecule has 1 rings (SSSR count). The summed E-state index contributed by atoms with van der Waals surface area (Å²) in [5.41, 5.74) is -0.235. The first kappa shape index (κ1) is 17.8. The minimum atomic E-state index is -5.22. The molecule has 4 nitrogen and oxygen atoms in total. The third-order valence-electron chi connectivity index (χ3n) is 2.34. The van der Waals surface area contributed by atoms with E-state index in [0.29, 0.717) is 0 Å². The Balaban J connectivity index is 3.03. The predicted molar refractivity (Wildman–Crippen MR) is 59.3 cm³/mol. The maximum Gasteiger partial charge on any atom is 0.491 e. The Morgan fingerprint density at radius 3 is 1.27 bits per heavy atom. The van der Waals surface area contributed by atoms with Crippen LogP contribution >= 0.6 is 0 Å². The number of aryl methyl sites for hydroxylation is 2. The summed E-state index contributed by atoms with van der Waals surface area (Å²) in [4.78, 5) is 21.4. The summed E-state index contributed by atoms with van der Waals surface area (Å²) in [5.74, 6) is -5.97. The molecule has 0 atom stereocenters. The van der Waals surface area contributed by atoms with Gasteiger partial charge in [-0.3, -0.25) is 0 Å². The fourth-order valence-corrected chi connectivity index (χ4v) is 1.30. The minimum Gasteiger partial charge on any atom is -0.420 e. The first-order valence-corrected chi connectivity index (χ1v) is 5.51. The van der Waals surface area contributed by atoms with Crippen LogP contribution in [0.3, 0.4) is 0 Å². The second-order valence-corrected chi connectivity index (χ2v) is 4.16. The molecule has 122 valence electrons. The van der Waals surface area contributed by atoms with Gasteiger partial charge in [0.25, 0.3) is 0 Å². The average Bonchev–Trinajstić information content (AvgIpc) is 2.32. The van der Waals surface area contributed by atoms with E-state index in [0.717, 1.165) is 12.1 Å². The van der Waals surface area contributed by atoms with Crippen LogP contribution in [0.4, 0.5) is 26.3 Å². The van der Waals surface area contributed by atoms with Crippen LogP contribution in [0.15, 0.2) is 12.1 Å². The molecule has 0 saturated heterocycles. The van der Waals surface area contributed by atoms with Crippen molar-refractivity contribution in [2.45, 2.75) is 26.2 Å². The van der Waals surface area contributed by atoms with E-state index in [-0.39, 0.29) is 11.1 Å². The average molecular weight is 330 g/mol. The highest BCUT2D eigenvalue weighted by Crippen LogP contribution is 2.31. The molecule has 1 aromatic carbocycles. The summed E-state index contributed by atoms with van der Waals surface area (Å²) in [5, 5.41) is 0. The van der Waals surface area contributed by atoms with Gasteiger partial charge in [-0.1, -0.05) is 0 Å². The van der Waals surface area contributed by atoms with Crippen molar-refractivity contribution < 1.29 is 45.4 Å². The summed E-state index contributed by atoms with van der Waals surface area (Å²) in [6, 6.07) is 1.72. The van der Waals surface area contributed by atoms with Crippen molar-refractivity contribution >= 4 is 11.9 Å². The van der Waals surface area contributed by atoms with Crippen LogP contribution < -0.4 is 9.47 Å². The zero-order valence-corrected chi connectivity index (χ0v) is 11.1. The molecule has 0 unspecified atom stereocenters. The van der Waals surface area contributed by atoms with Gasteiger partial charge in [0.05, 0.1) is 0 Å². The van der Waals surface area contributed by atoms with E-state index in [1.54, 1.807) is 0 Å². The van der Waals surface area contributed by atoms with Crippen molar-refractivity contribution in [3.05, 3.63) is 23.3 Å². The van der Waals surface area contributed by atoms with Crippen LogP contribution in [0, 0.1) is 13.8 Å². The monoisotopic (exact) mass is 330 g/mol. The Labute approximate surface area is 119 Å². The molecule has 0 aliphatic carbocycles. The highest BCUT2D eigenvalue weighted by atomic mass is 19.4. The van der Waals surface area contributed by atoms with Crippen molar-refractivity contribution in [2.24, 2.45) is 0 Å². The van der Waals surface area contributed by atoms with Gasteiger partial charge in [-0.25, -0.2) is 9.59 Å². The van der Waals surface area contributed by atoms with E-state index < -0.39 is 35.8 Å². The molecular formula is C12H8F6O4. The highest BCUT2D eigenvalue weighted by Gasteiger charge is 2.42. The van der Waals surface area contributed by atoms with Crippen LogP contribution in [-0.4, -0.2) is 24.3 Å². The Hall–Kier alpha value is -2.26. The van der Waals surface area contributed by atoms with Crippen LogP contribution in [-0.2, 0) is 9.59 Å². The summed E-state index contributed by atoms with van der Waals surface area (Å²) in [6.45, 7) is 2.34. The molecule has 0 spiro atoms. The standard InChI is InChI=1S/C12H8F6O4/c1-5-3-8(22-10(20)12(16,17)18)6(2)4-7(5)21-9(19)11(13,14)15/h3-4H,1-2H3. The Morgan fingerprint density at radius 1 is 0.773 bits per heavy atom. The lowest BCUT2D eigenvalue weighted by Gasteiger charge is -2.13. The second-order valence-electron chi connectivity index (χ2n) is 4.16. The number of rotatable bonds is 2. The fraction of sp³-hybridized carbons (Fsp3) is 0.333. The number of carbonyl (C=O) groups excluding carboxylic acids is 2. The highest BCUT2D eigenvalue weighted by molar-refractivity contribution is 5.80. The minimum absolute atomic E-state index is 0.117. The molecule has 0 bridgehead atoms. The number of ether oxygens (including phenoxy) is 2. The zero-order chi connectivity index (χ0) is 17.3. The molecule has 10 heteroatoms. The van der Waals surface area contributed by atoms with E-state index >= 15 is 0 Å². The normalized spacial score (nSPS) is 12.0. The van der Waals surface area contributed by atoms with E-state index in [9.17, 15) is 35.9 Å². The molecule has 22 heavy (non-hydrogen) atoms. The Kier molecular flexibility index (Phi) is 4.73. The Morgan fingerprint density at radius 2 is 1.05 bits per heavy atom. The number of hydrogen-bond acceptors (Lipinski definition) is 4. The fourth-order valence-electron chi connectivity index (χ4n) is 1.30. The van der Waals surface area contributed by atoms with Crippen molar-refractivity contribution in [3.63, 3.8) is 0 Å². The second kappa shape index (κ2) is 5.85. The van der Waals surface area contributed by atoms with Crippen molar-refractivity contribution in [2.75, 3.05) is 0 Å². The molecule has 0 aliphatic heterocycles. The molecule has 0 fully saturated rings. The summed E-state index contributed by atoms with van der Waals surface area (Å²) < 4.78 is 80.7. The number of halogens is 6. The first-order valence-electron chi connectivity index (χ1n) is 5.51. The van der Waals surface area contributed by atoms with E-state index in [1.165, 1.54) is 13.8 Å². The predicted octanol–water partition coefficient (Wildman–Crippen LogP) is 3.24. The van der Waals surface area contributed by atoms with Crippen LogP contribution in [0.25, 0.3) is 0 Å². The molecule has 0 amide bonds. The van der Waals surface area contributed by atoms with Crippen LogP contribution in [0.5, 0.6) is 11.5 Å². The zero-order valence-electron chi connectivity index (χ0n) is 11.1. The van der Waals surface area contributed by atoms with E-state index in [2.05, 4.69) is 9.47 Å². The molecular weight excluding hydrogens is 322 g/mol. The van der Waals surface area contributed by atoms with Gasteiger partial charge in [0.15, 0.2) is 0 Å². The maximum atomic E-state index is 12.1. The molecule has 0 aromatic heterocycles. The lowest BCUT2D eigenvalue weighted by atomic mass is 10.1. The van der Waals surface area contributed by atoms with Crippen molar-refractivity contribution in [1.82, 2.24) is 0 Å². The van der Waals surface area contributed by atoms with E-state index in [1.807, 2.05) is 0 Å². The molecule has 0 saturated carbocycles. The number of alkyl halides is 6. The largest absolute Gasteiger partial charge is 0.491 e. The number of hydrogen-bond donors (Lipinski definition) is 0. The van der Waals surface area contributed by atoms with Gasteiger partial charge < -0.3 is 9.47 Å². The van der Waals surface area contributed by atoms with Gasteiger partial charge in [-0.05, 0) is 37.1 Å². The smallest absolute Gasteiger partial charge is 0.420 e. The van der Waals surface area contributed by atoms with Gasteiger partial charge in [0.2, 0.25) is 0 Å². The quantitative estimate of drug-likeness (QED) is 0.475. The van der Waals surface area contributed by atoms with Gasteiger partial charge in [0.1, 0.15) is 11.5 Å². The van der Waals surface area contributed by atoms with Crippen LogP contribution in [0.1, 0.15) is 11.1 Å². The maximum absolute atomic E-state index is 12.1. The topological polar surface area (TPSA) is 52.6 Å². The van der Waals surface area contributed by atoms with Gasteiger partial charge >= 0.3 is 24.3 Å². The van der Waals surface area contributed by atoms with Crippen LogP contribution in [0.2, 0.25) is 0 Å². The van der Waals surface area contributed by atoms with E-state index in [4.69, 9.17) is 0 Å². The number of esters is 2.